The molecule has 0 saturated heterocycles. The summed E-state index contributed by atoms with van der Waals surface area (Å²) in [5.74, 6) is 0.824. The second-order valence-electron chi connectivity index (χ2n) is 5.65. The summed E-state index contributed by atoms with van der Waals surface area (Å²) < 4.78 is 11.0. The molecule has 0 bridgehead atoms. The number of fused-ring (bicyclic) bond motifs is 1. The van der Waals surface area contributed by atoms with Crippen LogP contribution in [0.4, 0.5) is 0 Å². The molecule has 4 nitrogen and oxygen atoms in total. The third-order valence-electron chi connectivity index (χ3n) is 3.39. The molecule has 0 radical (unpaired) electrons. The SMILES string of the molecule is CC(=O)c1c(OCCC(C)C)ccc2c(C)cc(=O)oc12. The van der Waals surface area contributed by atoms with Crippen LogP contribution in [0.3, 0.4) is 0 Å². The molecule has 0 saturated carbocycles. The standard InChI is InChI=1S/C17H20O4/c1-10(2)7-8-20-14-6-5-13-11(3)9-15(19)21-17(13)16(14)12(4)18/h5-6,9-10H,7-8H2,1-4H3. The van der Waals surface area contributed by atoms with Crippen molar-refractivity contribution in [2.45, 2.75) is 34.1 Å². The van der Waals surface area contributed by atoms with Gasteiger partial charge in [0, 0.05) is 11.5 Å². The number of rotatable bonds is 5. The van der Waals surface area contributed by atoms with Crippen molar-refractivity contribution in [1.82, 2.24) is 0 Å². The summed E-state index contributed by atoms with van der Waals surface area (Å²) in [6.45, 7) is 8.02. The van der Waals surface area contributed by atoms with Crippen molar-refractivity contribution in [1.29, 1.82) is 0 Å². The molecule has 0 unspecified atom stereocenters. The van der Waals surface area contributed by atoms with Gasteiger partial charge in [-0.2, -0.15) is 0 Å². The minimum absolute atomic E-state index is 0.172. The highest BCUT2D eigenvalue weighted by atomic mass is 16.5. The Bertz CT molecular complexity index is 725. The number of hydrogen-bond acceptors (Lipinski definition) is 4. The molecule has 1 aromatic heterocycles. The van der Waals surface area contributed by atoms with Crippen molar-refractivity contribution >= 4 is 16.8 Å². The molecule has 0 aliphatic carbocycles. The van der Waals surface area contributed by atoms with E-state index in [-0.39, 0.29) is 5.78 Å². The molecule has 112 valence electrons. The van der Waals surface area contributed by atoms with Gasteiger partial charge in [0.1, 0.15) is 11.3 Å². The van der Waals surface area contributed by atoms with Crippen molar-refractivity contribution in [3.05, 3.63) is 39.7 Å². The van der Waals surface area contributed by atoms with Crippen LogP contribution in [-0.2, 0) is 0 Å². The minimum Gasteiger partial charge on any atom is -0.493 e. The Morgan fingerprint density at radius 3 is 2.67 bits per heavy atom. The normalized spacial score (nSPS) is 11.1. The number of ketones is 1. The first-order valence-electron chi connectivity index (χ1n) is 7.11. The summed E-state index contributed by atoms with van der Waals surface area (Å²) in [5.41, 5.74) is 0.992. The lowest BCUT2D eigenvalue weighted by atomic mass is 10.0. The Balaban J connectivity index is 2.54. The second-order valence-corrected chi connectivity index (χ2v) is 5.65. The Hall–Kier alpha value is -2.10. The summed E-state index contributed by atoms with van der Waals surface area (Å²) in [6.07, 6.45) is 0.896. The van der Waals surface area contributed by atoms with Crippen molar-refractivity contribution in [2.24, 2.45) is 5.92 Å². The molecule has 4 heteroatoms. The first-order valence-corrected chi connectivity index (χ1v) is 7.11. The average Bonchev–Trinajstić information content (AvgIpc) is 2.36. The van der Waals surface area contributed by atoms with Crippen molar-refractivity contribution < 1.29 is 13.9 Å². The Morgan fingerprint density at radius 2 is 2.05 bits per heavy atom. The molecule has 2 rings (SSSR count). The zero-order chi connectivity index (χ0) is 15.6. The molecule has 0 fully saturated rings. The van der Waals surface area contributed by atoms with Gasteiger partial charge in [-0.25, -0.2) is 4.79 Å². The van der Waals surface area contributed by atoms with Crippen LogP contribution in [0, 0.1) is 12.8 Å². The monoisotopic (exact) mass is 288 g/mol. The van der Waals surface area contributed by atoms with Crippen molar-refractivity contribution in [2.75, 3.05) is 6.61 Å². The van der Waals surface area contributed by atoms with Gasteiger partial charge in [-0.05, 0) is 43.9 Å². The third-order valence-corrected chi connectivity index (χ3v) is 3.39. The molecule has 0 amide bonds. The predicted octanol–water partition coefficient (Wildman–Crippen LogP) is 3.73. The third kappa shape index (κ3) is 3.32. The van der Waals surface area contributed by atoms with Gasteiger partial charge in [0.25, 0.3) is 0 Å². The molecule has 1 aromatic carbocycles. The van der Waals surface area contributed by atoms with Crippen LogP contribution in [0.2, 0.25) is 0 Å². The highest BCUT2D eigenvalue weighted by molar-refractivity contribution is 6.07. The lowest BCUT2D eigenvalue weighted by Crippen LogP contribution is -2.07. The zero-order valence-corrected chi connectivity index (χ0v) is 12.9. The average molecular weight is 288 g/mol. The number of Topliss-reactive ketones (excluding diaryl/α,β-unsaturated/α-hetero) is 1. The molecular weight excluding hydrogens is 268 g/mol. The zero-order valence-electron chi connectivity index (χ0n) is 12.9. The maximum absolute atomic E-state index is 12.0. The number of benzene rings is 1. The fourth-order valence-corrected chi connectivity index (χ4v) is 2.22. The molecule has 0 aliphatic heterocycles. The van der Waals surface area contributed by atoms with Gasteiger partial charge in [0.2, 0.25) is 0 Å². The fourth-order valence-electron chi connectivity index (χ4n) is 2.22. The molecule has 0 aliphatic rings. The van der Waals surface area contributed by atoms with E-state index >= 15 is 0 Å². The van der Waals surface area contributed by atoms with Crippen LogP contribution >= 0.6 is 0 Å². The highest BCUT2D eigenvalue weighted by Gasteiger charge is 2.17. The Morgan fingerprint density at radius 1 is 1.33 bits per heavy atom. The number of aryl methyl sites for hydroxylation is 1. The minimum atomic E-state index is -0.457. The van der Waals surface area contributed by atoms with E-state index in [9.17, 15) is 9.59 Å². The Labute approximate surface area is 123 Å². The van der Waals surface area contributed by atoms with E-state index in [1.165, 1.54) is 13.0 Å². The quantitative estimate of drug-likeness (QED) is 0.621. The first kappa shape index (κ1) is 15.3. The lowest BCUT2D eigenvalue weighted by molar-refractivity contribution is 0.101. The molecule has 0 atom stereocenters. The van der Waals surface area contributed by atoms with E-state index in [2.05, 4.69) is 13.8 Å². The van der Waals surface area contributed by atoms with Crippen LogP contribution in [-0.4, -0.2) is 12.4 Å². The number of ether oxygens (including phenoxy) is 1. The molecule has 0 N–H and O–H groups in total. The van der Waals surface area contributed by atoms with Crippen LogP contribution in [0.25, 0.3) is 11.0 Å². The van der Waals surface area contributed by atoms with Gasteiger partial charge in [-0.15, -0.1) is 0 Å². The smallest absolute Gasteiger partial charge is 0.336 e. The lowest BCUT2D eigenvalue weighted by Gasteiger charge is -2.13. The van der Waals surface area contributed by atoms with E-state index < -0.39 is 5.63 Å². The van der Waals surface area contributed by atoms with Gasteiger partial charge in [-0.1, -0.05) is 13.8 Å². The van der Waals surface area contributed by atoms with Crippen LogP contribution < -0.4 is 10.4 Å². The largest absolute Gasteiger partial charge is 0.493 e. The van der Waals surface area contributed by atoms with Crippen LogP contribution in [0.15, 0.2) is 27.4 Å². The van der Waals surface area contributed by atoms with Crippen molar-refractivity contribution in [3.8, 4) is 5.75 Å². The first-order chi connectivity index (χ1) is 9.90. The van der Waals surface area contributed by atoms with E-state index in [1.807, 2.05) is 13.0 Å². The molecule has 21 heavy (non-hydrogen) atoms. The maximum Gasteiger partial charge on any atom is 0.336 e. The van der Waals surface area contributed by atoms with E-state index in [4.69, 9.17) is 9.15 Å². The van der Waals surface area contributed by atoms with Gasteiger partial charge in [0.15, 0.2) is 11.4 Å². The van der Waals surface area contributed by atoms with Gasteiger partial charge < -0.3 is 9.15 Å². The summed E-state index contributed by atoms with van der Waals surface area (Å²) in [6, 6.07) is 5.02. The van der Waals surface area contributed by atoms with Gasteiger partial charge in [-0.3, -0.25) is 4.79 Å². The molecule has 1 heterocycles. The van der Waals surface area contributed by atoms with Crippen LogP contribution in [0.5, 0.6) is 5.75 Å². The molecule has 0 spiro atoms. The van der Waals surface area contributed by atoms with E-state index in [0.717, 1.165) is 17.4 Å². The highest BCUT2D eigenvalue weighted by Crippen LogP contribution is 2.29. The van der Waals surface area contributed by atoms with Crippen molar-refractivity contribution in [3.63, 3.8) is 0 Å². The summed E-state index contributed by atoms with van der Waals surface area (Å²) in [5, 5.41) is 0.760. The fraction of sp³-hybridized carbons (Fsp3) is 0.412. The Kier molecular flexibility index (Phi) is 4.46. The number of hydrogen-bond donors (Lipinski definition) is 0. The number of carbonyl (C=O) groups is 1. The van der Waals surface area contributed by atoms with Gasteiger partial charge >= 0.3 is 5.63 Å². The topological polar surface area (TPSA) is 56.5 Å². The summed E-state index contributed by atoms with van der Waals surface area (Å²) in [7, 11) is 0. The summed E-state index contributed by atoms with van der Waals surface area (Å²) in [4.78, 5) is 23.5. The molecule has 2 aromatic rings. The summed E-state index contributed by atoms with van der Waals surface area (Å²) >= 11 is 0. The van der Waals surface area contributed by atoms with E-state index in [0.29, 0.717) is 29.4 Å². The van der Waals surface area contributed by atoms with Gasteiger partial charge in [0.05, 0.1) is 6.61 Å². The predicted molar refractivity (Wildman–Crippen MR) is 82.2 cm³/mol. The maximum atomic E-state index is 12.0. The van der Waals surface area contributed by atoms with E-state index in [1.54, 1.807) is 6.07 Å². The second kappa shape index (κ2) is 6.12. The van der Waals surface area contributed by atoms with Crippen LogP contribution in [0.1, 0.15) is 43.1 Å². The number of carbonyl (C=O) groups excluding carboxylic acids is 1. The molecular formula is C17H20O4.